The van der Waals surface area contributed by atoms with Gasteiger partial charge in [-0.1, -0.05) is 18.2 Å². The fourth-order valence-corrected chi connectivity index (χ4v) is 1.24. The summed E-state index contributed by atoms with van der Waals surface area (Å²) in [7, 11) is 0. The van der Waals surface area contributed by atoms with Crippen molar-refractivity contribution in [3.8, 4) is 11.3 Å². The monoisotopic (exact) mass is 187 g/mol. The summed E-state index contributed by atoms with van der Waals surface area (Å²) in [5, 5.41) is 10.6. The van der Waals surface area contributed by atoms with Crippen LogP contribution in [0.1, 0.15) is 10.4 Å². The van der Waals surface area contributed by atoms with Crippen LogP contribution >= 0.6 is 0 Å². The van der Waals surface area contributed by atoms with E-state index in [4.69, 9.17) is 4.42 Å². The molecule has 2 rings (SSSR count). The summed E-state index contributed by atoms with van der Waals surface area (Å²) in [5.41, 5.74) is 0.885. The van der Waals surface area contributed by atoms with Crippen molar-refractivity contribution in [2.24, 2.45) is 0 Å². The van der Waals surface area contributed by atoms with Crippen LogP contribution in [0, 0.1) is 0 Å². The van der Waals surface area contributed by atoms with Crippen LogP contribution in [0.25, 0.3) is 11.3 Å². The second-order valence-electron chi connectivity index (χ2n) is 2.85. The molecular weight excluding hydrogens is 180 g/mol. The molecule has 70 valence electrons. The van der Waals surface area contributed by atoms with Crippen LogP contribution in [-0.4, -0.2) is 5.97 Å². The molecule has 0 unspecified atom stereocenters. The quantitative estimate of drug-likeness (QED) is 0.712. The Balaban J connectivity index is 2.46. The first-order valence-electron chi connectivity index (χ1n) is 4.12. The van der Waals surface area contributed by atoms with E-state index >= 15 is 0 Å². The van der Waals surface area contributed by atoms with Gasteiger partial charge < -0.3 is 14.3 Å². The Labute approximate surface area is 80.6 Å². The average Bonchev–Trinajstić information content (AvgIpc) is 2.71. The zero-order valence-electron chi connectivity index (χ0n) is 7.27. The van der Waals surface area contributed by atoms with E-state index in [1.165, 1.54) is 12.1 Å². The van der Waals surface area contributed by atoms with Crippen molar-refractivity contribution in [1.29, 1.82) is 0 Å². The Hall–Kier alpha value is -2.03. The van der Waals surface area contributed by atoms with E-state index in [0.717, 1.165) is 5.56 Å². The second-order valence-corrected chi connectivity index (χ2v) is 2.85. The van der Waals surface area contributed by atoms with E-state index in [1.807, 2.05) is 0 Å². The summed E-state index contributed by atoms with van der Waals surface area (Å²) in [6.07, 6.45) is 1.54. The summed E-state index contributed by atoms with van der Waals surface area (Å²) >= 11 is 0. The molecular formula is C11H7O3-. The highest BCUT2D eigenvalue weighted by molar-refractivity contribution is 5.87. The van der Waals surface area contributed by atoms with Crippen molar-refractivity contribution in [1.82, 2.24) is 0 Å². The lowest BCUT2D eigenvalue weighted by Gasteiger charge is -2.03. The number of furan rings is 1. The lowest BCUT2D eigenvalue weighted by Crippen LogP contribution is -2.22. The largest absolute Gasteiger partial charge is 0.545 e. The van der Waals surface area contributed by atoms with Crippen molar-refractivity contribution in [3.63, 3.8) is 0 Å². The van der Waals surface area contributed by atoms with Crippen LogP contribution in [0.3, 0.4) is 0 Å². The molecule has 0 bridgehead atoms. The highest BCUT2D eigenvalue weighted by atomic mass is 16.4. The molecule has 3 heteroatoms. The van der Waals surface area contributed by atoms with E-state index < -0.39 is 5.97 Å². The number of carboxylic acids is 1. The number of carboxylic acid groups (broad SMARTS) is 1. The summed E-state index contributed by atoms with van der Waals surface area (Å²) in [6, 6.07) is 9.97. The van der Waals surface area contributed by atoms with Crippen LogP contribution < -0.4 is 5.11 Å². The standard InChI is InChI=1S/C11H8O3/c12-11(13)9-4-1-3-8(7-9)10-5-2-6-14-10/h1-7H,(H,12,13)/p-1. The third kappa shape index (κ3) is 1.52. The topological polar surface area (TPSA) is 53.3 Å². The molecule has 0 aliphatic rings. The highest BCUT2D eigenvalue weighted by Gasteiger charge is 2.01. The van der Waals surface area contributed by atoms with Crippen molar-refractivity contribution < 1.29 is 14.3 Å². The van der Waals surface area contributed by atoms with Crippen LogP contribution in [0.2, 0.25) is 0 Å². The smallest absolute Gasteiger partial charge is 0.133 e. The van der Waals surface area contributed by atoms with Gasteiger partial charge in [-0.25, -0.2) is 0 Å². The van der Waals surface area contributed by atoms with Crippen LogP contribution in [0.5, 0.6) is 0 Å². The Bertz CT molecular complexity index is 443. The van der Waals surface area contributed by atoms with E-state index in [1.54, 1.807) is 30.5 Å². The van der Waals surface area contributed by atoms with Crippen molar-refractivity contribution in [3.05, 3.63) is 48.2 Å². The lowest BCUT2D eigenvalue weighted by atomic mass is 10.1. The molecule has 0 saturated carbocycles. The van der Waals surface area contributed by atoms with Crippen LogP contribution in [0.15, 0.2) is 47.1 Å². The molecule has 0 aliphatic carbocycles. The van der Waals surface area contributed by atoms with Gasteiger partial charge in [0.25, 0.3) is 0 Å². The molecule has 1 aromatic carbocycles. The van der Waals surface area contributed by atoms with Gasteiger partial charge in [-0.2, -0.15) is 0 Å². The van der Waals surface area contributed by atoms with Gasteiger partial charge in [-0.3, -0.25) is 0 Å². The first-order valence-corrected chi connectivity index (χ1v) is 4.12. The van der Waals surface area contributed by atoms with Gasteiger partial charge in [-0.05, 0) is 23.8 Å². The molecule has 1 aromatic heterocycles. The van der Waals surface area contributed by atoms with Gasteiger partial charge in [0.1, 0.15) is 5.76 Å². The van der Waals surface area contributed by atoms with Gasteiger partial charge in [-0.15, -0.1) is 0 Å². The molecule has 0 amide bonds. The number of rotatable bonds is 2. The van der Waals surface area contributed by atoms with Crippen molar-refractivity contribution in [2.45, 2.75) is 0 Å². The summed E-state index contributed by atoms with van der Waals surface area (Å²) in [4.78, 5) is 10.6. The third-order valence-corrected chi connectivity index (χ3v) is 1.90. The molecule has 14 heavy (non-hydrogen) atoms. The molecule has 1 heterocycles. The van der Waals surface area contributed by atoms with Crippen LogP contribution in [-0.2, 0) is 0 Å². The van der Waals surface area contributed by atoms with Gasteiger partial charge in [0, 0.05) is 5.56 Å². The van der Waals surface area contributed by atoms with E-state index in [2.05, 4.69) is 0 Å². The molecule has 3 nitrogen and oxygen atoms in total. The Morgan fingerprint density at radius 1 is 1.21 bits per heavy atom. The molecule has 0 saturated heterocycles. The highest BCUT2D eigenvalue weighted by Crippen LogP contribution is 2.20. The second kappa shape index (κ2) is 3.38. The molecule has 2 aromatic rings. The van der Waals surface area contributed by atoms with Gasteiger partial charge in [0.15, 0.2) is 0 Å². The maximum atomic E-state index is 10.6. The first kappa shape index (κ1) is 8.56. The molecule has 0 atom stereocenters. The summed E-state index contributed by atoms with van der Waals surface area (Å²) in [6.45, 7) is 0. The van der Waals surface area contributed by atoms with Crippen molar-refractivity contribution in [2.75, 3.05) is 0 Å². The molecule has 0 N–H and O–H groups in total. The van der Waals surface area contributed by atoms with Gasteiger partial charge in [0.2, 0.25) is 0 Å². The lowest BCUT2D eigenvalue weighted by molar-refractivity contribution is -0.255. The molecule has 0 radical (unpaired) electrons. The summed E-state index contributed by atoms with van der Waals surface area (Å²) < 4.78 is 5.14. The fourth-order valence-electron chi connectivity index (χ4n) is 1.24. The molecule has 0 aliphatic heterocycles. The Morgan fingerprint density at radius 3 is 2.71 bits per heavy atom. The minimum atomic E-state index is -1.18. The number of hydrogen-bond acceptors (Lipinski definition) is 3. The summed E-state index contributed by atoms with van der Waals surface area (Å²) in [5.74, 6) is -0.536. The number of carbonyl (C=O) groups excluding carboxylic acids is 1. The number of carbonyl (C=O) groups is 1. The van der Waals surface area contributed by atoms with Gasteiger partial charge in [0.05, 0.1) is 12.2 Å². The number of hydrogen-bond donors (Lipinski definition) is 0. The predicted molar refractivity (Wildman–Crippen MR) is 48.5 cm³/mol. The van der Waals surface area contributed by atoms with Gasteiger partial charge >= 0.3 is 0 Å². The minimum absolute atomic E-state index is 0.152. The fraction of sp³-hybridized carbons (Fsp3) is 0. The zero-order chi connectivity index (χ0) is 9.97. The molecule has 0 fully saturated rings. The normalized spacial score (nSPS) is 10.0. The first-order chi connectivity index (χ1) is 6.77. The predicted octanol–water partition coefficient (Wildman–Crippen LogP) is 1.31. The minimum Gasteiger partial charge on any atom is -0.545 e. The number of benzene rings is 1. The number of aromatic carboxylic acids is 1. The molecule has 0 spiro atoms. The zero-order valence-corrected chi connectivity index (χ0v) is 7.27. The third-order valence-electron chi connectivity index (χ3n) is 1.90. The Morgan fingerprint density at radius 2 is 2.07 bits per heavy atom. The average molecular weight is 187 g/mol. The maximum Gasteiger partial charge on any atom is 0.133 e. The SMILES string of the molecule is O=C([O-])c1cccc(-c2ccco2)c1. The van der Waals surface area contributed by atoms with E-state index in [0.29, 0.717) is 5.76 Å². The van der Waals surface area contributed by atoms with E-state index in [-0.39, 0.29) is 5.56 Å². The van der Waals surface area contributed by atoms with E-state index in [9.17, 15) is 9.90 Å². The van der Waals surface area contributed by atoms with Crippen molar-refractivity contribution >= 4 is 5.97 Å². The maximum absolute atomic E-state index is 10.6. The van der Waals surface area contributed by atoms with Crippen LogP contribution in [0.4, 0.5) is 0 Å². The Kier molecular flexibility index (Phi) is 2.07.